The van der Waals surface area contributed by atoms with E-state index in [2.05, 4.69) is 5.32 Å². The molecule has 0 atom stereocenters. The van der Waals surface area contributed by atoms with Gasteiger partial charge in [0, 0.05) is 19.2 Å². The van der Waals surface area contributed by atoms with E-state index in [1.54, 1.807) is 6.07 Å². The van der Waals surface area contributed by atoms with Crippen LogP contribution in [-0.2, 0) is 4.74 Å². The van der Waals surface area contributed by atoms with E-state index in [1.807, 2.05) is 0 Å². The van der Waals surface area contributed by atoms with Gasteiger partial charge < -0.3 is 15.2 Å². The van der Waals surface area contributed by atoms with Crippen LogP contribution < -0.4 is 5.32 Å². The SMILES string of the molecule is COCCNC(=O)c1cccc(C(=O)O)c1. The van der Waals surface area contributed by atoms with E-state index in [-0.39, 0.29) is 11.5 Å². The van der Waals surface area contributed by atoms with Crippen LogP contribution in [0.3, 0.4) is 0 Å². The van der Waals surface area contributed by atoms with Crippen molar-refractivity contribution in [1.82, 2.24) is 5.32 Å². The van der Waals surface area contributed by atoms with Gasteiger partial charge in [-0.05, 0) is 18.2 Å². The fourth-order valence-corrected chi connectivity index (χ4v) is 1.16. The van der Waals surface area contributed by atoms with Crippen molar-refractivity contribution in [3.8, 4) is 0 Å². The molecule has 0 aliphatic carbocycles. The topological polar surface area (TPSA) is 75.6 Å². The highest BCUT2D eigenvalue weighted by Crippen LogP contribution is 2.05. The van der Waals surface area contributed by atoms with E-state index in [0.717, 1.165) is 0 Å². The first kappa shape index (κ1) is 12.2. The molecule has 1 aromatic rings. The second-order valence-corrected chi connectivity index (χ2v) is 3.13. The van der Waals surface area contributed by atoms with Crippen molar-refractivity contribution in [2.24, 2.45) is 0 Å². The van der Waals surface area contributed by atoms with Crippen LogP contribution in [0.15, 0.2) is 24.3 Å². The smallest absolute Gasteiger partial charge is 0.335 e. The highest BCUT2D eigenvalue weighted by atomic mass is 16.5. The number of benzene rings is 1. The van der Waals surface area contributed by atoms with Crippen LogP contribution in [0.25, 0.3) is 0 Å². The number of carboxylic acids is 1. The van der Waals surface area contributed by atoms with Gasteiger partial charge in [-0.2, -0.15) is 0 Å². The van der Waals surface area contributed by atoms with Gasteiger partial charge in [-0.15, -0.1) is 0 Å². The Morgan fingerprint density at radius 1 is 1.38 bits per heavy atom. The molecule has 5 heteroatoms. The van der Waals surface area contributed by atoms with E-state index < -0.39 is 5.97 Å². The standard InChI is InChI=1S/C11H13NO4/c1-16-6-5-12-10(13)8-3-2-4-9(7-8)11(14)15/h2-4,7H,5-6H2,1H3,(H,12,13)(H,14,15). The van der Waals surface area contributed by atoms with Gasteiger partial charge in [0.2, 0.25) is 0 Å². The summed E-state index contributed by atoms with van der Waals surface area (Å²) in [5, 5.41) is 11.4. The number of hydrogen-bond donors (Lipinski definition) is 2. The Labute approximate surface area is 93.0 Å². The van der Waals surface area contributed by atoms with E-state index in [1.165, 1.54) is 25.3 Å². The summed E-state index contributed by atoms with van der Waals surface area (Å²) in [5.41, 5.74) is 0.426. The number of carbonyl (C=O) groups is 2. The number of hydrogen-bond acceptors (Lipinski definition) is 3. The summed E-state index contributed by atoms with van der Waals surface area (Å²) < 4.78 is 4.78. The lowest BCUT2D eigenvalue weighted by Gasteiger charge is -2.04. The highest BCUT2D eigenvalue weighted by Gasteiger charge is 2.08. The average Bonchev–Trinajstić information content (AvgIpc) is 2.29. The molecule has 0 aliphatic heterocycles. The number of amides is 1. The van der Waals surface area contributed by atoms with Crippen molar-refractivity contribution in [3.63, 3.8) is 0 Å². The molecule has 16 heavy (non-hydrogen) atoms. The molecule has 86 valence electrons. The summed E-state index contributed by atoms with van der Waals surface area (Å²) in [6, 6.07) is 5.88. The first-order valence-corrected chi connectivity index (χ1v) is 4.75. The molecule has 1 amide bonds. The summed E-state index contributed by atoms with van der Waals surface area (Å²) in [6.45, 7) is 0.816. The maximum atomic E-state index is 11.5. The average molecular weight is 223 g/mol. The Morgan fingerprint density at radius 2 is 2.06 bits per heavy atom. The van der Waals surface area contributed by atoms with Crippen LogP contribution in [-0.4, -0.2) is 37.2 Å². The molecule has 0 saturated heterocycles. The van der Waals surface area contributed by atoms with Crippen LogP contribution in [0.5, 0.6) is 0 Å². The van der Waals surface area contributed by atoms with E-state index in [0.29, 0.717) is 18.7 Å². The fraction of sp³-hybridized carbons (Fsp3) is 0.273. The summed E-state index contributed by atoms with van der Waals surface area (Å²) in [4.78, 5) is 22.2. The Balaban J connectivity index is 2.68. The van der Waals surface area contributed by atoms with Crippen LogP contribution >= 0.6 is 0 Å². The molecule has 0 spiro atoms. The lowest BCUT2D eigenvalue weighted by Crippen LogP contribution is -2.27. The molecule has 1 rings (SSSR count). The zero-order valence-electron chi connectivity index (χ0n) is 8.90. The van der Waals surface area contributed by atoms with Gasteiger partial charge in [0.25, 0.3) is 5.91 Å². The normalized spacial score (nSPS) is 9.81. The van der Waals surface area contributed by atoms with Crippen molar-refractivity contribution < 1.29 is 19.4 Å². The molecule has 0 bridgehead atoms. The van der Waals surface area contributed by atoms with Crippen LogP contribution in [0, 0.1) is 0 Å². The maximum absolute atomic E-state index is 11.5. The summed E-state index contributed by atoms with van der Waals surface area (Å²) in [5.74, 6) is -1.35. The number of carbonyl (C=O) groups excluding carboxylic acids is 1. The minimum Gasteiger partial charge on any atom is -0.478 e. The Bertz CT molecular complexity index is 389. The molecule has 0 unspecified atom stereocenters. The van der Waals surface area contributed by atoms with Crippen LogP contribution in [0.2, 0.25) is 0 Å². The van der Waals surface area contributed by atoms with E-state index in [4.69, 9.17) is 9.84 Å². The van der Waals surface area contributed by atoms with Crippen LogP contribution in [0.4, 0.5) is 0 Å². The van der Waals surface area contributed by atoms with Crippen molar-refractivity contribution in [2.75, 3.05) is 20.3 Å². The molecular weight excluding hydrogens is 210 g/mol. The largest absolute Gasteiger partial charge is 0.478 e. The van der Waals surface area contributed by atoms with Gasteiger partial charge in [-0.3, -0.25) is 4.79 Å². The number of aromatic carboxylic acids is 1. The predicted octanol–water partition coefficient (Wildman–Crippen LogP) is 0.761. The third kappa shape index (κ3) is 3.36. The van der Waals surface area contributed by atoms with Gasteiger partial charge in [-0.1, -0.05) is 6.07 Å². The summed E-state index contributed by atoms with van der Waals surface area (Å²) in [7, 11) is 1.54. The molecule has 0 heterocycles. The van der Waals surface area contributed by atoms with Crippen molar-refractivity contribution >= 4 is 11.9 Å². The molecule has 5 nitrogen and oxygen atoms in total. The third-order valence-corrected chi connectivity index (χ3v) is 1.96. The molecule has 2 N–H and O–H groups in total. The minimum absolute atomic E-state index is 0.0967. The van der Waals surface area contributed by atoms with Crippen molar-refractivity contribution in [2.45, 2.75) is 0 Å². The first-order valence-electron chi connectivity index (χ1n) is 4.75. The van der Waals surface area contributed by atoms with Gasteiger partial charge in [0.1, 0.15) is 0 Å². The van der Waals surface area contributed by atoms with Crippen molar-refractivity contribution in [1.29, 1.82) is 0 Å². The summed E-state index contributed by atoms with van der Waals surface area (Å²) in [6.07, 6.45) is 0. The van der Waals surface area contributed by atoms with Crippen LogP contribution in [0.1, 0.15) is 20.7 Å². The molecular formula is C11H13NO4. The highest BCUT2D eigenvalue weighted by molar-refractivity contribution is 5.97. The molecule has 1 aromatic carbocycles. The van der Waals surface area contributed by atoms with E-state index >= 15 is 0 Å². The quantitative estimate of drug-likeness (QED) is 0.722. The monoisotopic (exact) mass is 223 g/mol. The van der Waals surface area contributed by atoms with Gasteiger partial charge >= 0.3 is 5.97 Å². The molecule has 0 aliphatic rings. The molecule has 0 fully saturated rings. The number of ether oxygens (including phenoxy) is 1. The molecule has 0 radical (unpaired) electrons. The van der Waals surface area contributed by atoms with Gasteiger partial charge in [0.05, 0.1) is 12.2 Å². The second kappa shape index (κ2) is 5.87. The Kier molecular flexibility index (Phi) is 4.47. The lowest BCUT2D eigenvalue weighted by atomic mass is 10.1. The first-order chi connectivity index (χ1) is 7.65. The Hall–Kier alpha value is -1.88. The summed E-state index contributed by atoms with van der Waals surface area (Å²) >= 11 is 0. The lowest BCUT2D eigenvalue weighted by molar-refractivity contribution is 0.0697. The second-order valence-electron chi connectivity index (χ2n) is 3.13. The van der Waals surface area contributed by atoms with Gasteiger partial charge in [0.15, 0.2) is 0 Å². The van der Waals surface area contributed by atoms with E-state index in [9.17, 15) is 9.59 Å². The van der Waals surface area contributed by atoms with Crippen molar-refractivity contribution in [3.05, 3.63) is 35.4 Å². The number of carboxylic acid groups (broad SMARTS) is 1. The maximum Gasteiger partial charge on any atom is 0.335 e. The zero-order chi connectivity index (χ0) is 12.0. The predicted molar refractivity (Wildman–Crippen MR) is 57.6 cm³/mol. The minimum atomic E-state index is -1.05. The third-order valence-electron chi connectivity index (χ3n) is 1.96. The number of rotatable bonds is 5. The molecule has 0 aromatic heterocycles. The van der Waals surface area contributed by atoms with Gasteiger partial charge in [-0.25, -0.2) is 4.79 Å². The number of nitrogens with one attached hydrogen (secondary N) is 1. The fourth-order valence-electron chi connectivity index (χ4n) is 1.16. The zero-order valence-corrected chi connectivity index (χ0v) is 8.90. The molecule has 0 saturated carbocycles. The Morgan fingerprint density at radius 3 is 2.69 bits per heavy atom. The number of methoxy groups -OCH3 is 1.